The first-order valence-electron chi connectivity index (χ1n) is 7.17. The fraction of sp³-hybridized carbons (Fsp3) is 0.375. The van der Waals surface area contributed by atoms with E-state index in [1.54, 1.807) is 18.5 Å². The molecule has 2 rings (SSSR count). The summed E-state index contributed by atoms with van der Waals surface area (Å²) in [7, 11) is 0. The predicted octanol–water partition coefficient (Wildman–Crippen LogP) is 3.10. The Balaban J connectivity index is 2.30. The summed E-state index contributed by atoms with van der Waals surface area (Å²) in [5.74, 6) is 0.384. The Kier molecular flexibility index (Phi) is 5.63. The molecule has 1 atom stereocenters. The van der Waals surface area contributed by atoms with Gasteiger partial charge in [0.15, 0.2) is 0 Å². The van der Waals surface area contributed by atoms with Crippen molar-refractivity contribution in [3.8, 4) is 5.75 Å². The minimum absolute atomic E-state index is 0.126. The molecular formula is C16H20FN3O. The third-order valence-corrected chi connectivity index (χ3v) is 3.02. The maximum absolute atomic E-state index is 13.1. The Labute approximate surface area is 124 Å². The summed E-state index contributed by atoms with van der Waals surface area (Å²) < 4.78 is 18.5. The molecule has 1 unspecified atom stereocenters. The summed E-state index contributed by atoms with van der Waals surface area (Å²) in [6, 6.07) is 4.92. The van der Waals surface area contributed by atoms with Gasteiger partial charge in [0.25, 0.3) is 0 Å². The van der Waals surface area contributed by atoms with E-state index in [-0.39, 0.29) is 11.9 Å². The Morgan fingerprint density at radius 3 is 2.76 bits per heavy atom. The molecule has 2 aromatic heterocycles. The first-order chi connectivity index (χ1) is 10.2. The third-order valence-electron chi connectivity index (χ3n) is 3.02. The van der Waals surface area contributed by atoms with E-state index in [1.807, 2.05) is 13.0 Å². The van der Waals surface area contributed by atoms with Gasteiger partial charge in [-0.1, -0.05) is 6.92 Å². The standard InChI is InChI=1S/C16H20FN3O/c1-3-7-19-16(15-6-5-13(17)10-20-15)12-8-14(21-4-2)11-18-9-12/h5-6,8-11,16,19H,3-4,7H2,1-2H3. The van der Waals surface area contributed by atoms with Gasteiger partial charge in [0.1, 0.15) is 11.6 Å². The first-order valence-corrected chi connectivity index (χ1v) is 7.17. The van der Waals surface area contributed by atoms with Crippen LogP contribution in [-0.4, -0.2) is 23.1 Å². The molecule has 4 nitrogen and oxygen atoms in total. The van der Waals surface area contributed by atoms with E-state index >= 15 is 0 Å². The predicted molar refractivity (Wildman–Crippen MR) is 79.7 cm³/mol. The van der Waals surface area contributed by atoms with Gasteiger partial charge in [0, 0.05) is 6.20 Å². The van der Waals surface area contributed by atoms with Crippen LogP contribution in [0, 0.1) is 5.82 Å². The molecule has 0 saturated carbocycles. The number of aromatic nitrogens is 2. The van der Waals surface area contributed by atoms with Gasteiger partial charge in [-0.3, -0.25) is 9.97 Å². The van der Waals surface area contributed by atoms with Crippen molar-refractivity contribution < 1.29 is 9.13 Å². The Bertz CT molecular complexity index is 560. The fourth-order valence-corrected chi connectivity index (χ4v) is 2.08. The molecule has 0 aliphatic rings. The second kappa shape index (κ2) is 7.69. The summed E-state index contributed by atoms with van der Waals surface area (Å²) in [6.45, 7) is 5.45. The van der Waals surface area contributed by atoms with Crippen molar-refractivity contribution in [2.24, 2.45) is 0 Å². The molecule has 0 amide bonds. The van der Waals surface area contributed by atoms with Crippen molar-refractivity contribution in [3.63, 3.8) is 0 Å². The highest BCUT2D eigenvalue weighted by atomic mass is 19.1. The minimum atomic E-state index is -0.339. The van der Waals surface area contributed by atoms with Gasteiger partial charge in [-0.15, -0.1) is 0 Å². The maximum atomic E-state index is 13.1. The zero-order chi connectivity index (χ0) is 15.1. The second-order valence-corrected chi connectivity index (χ2v) is 4.68. The summed E-state index contributed by atoms with van der Waals surface area (Å²) >= 11 is 0. The molecule has 0 fully saturated rings. The van der Waals surface area contributed by atoms with Gasteiger partial charge >= 0.3 is 0 Å². The minimum Gasteiger partial charge on any atom is -0.492 e. The topological polar surface area (TPSA) is 47.0 Å². The van der Waals surface area contributed by atoms with E-state index in [2.05, 4.69) is 22.2 Å². The van der Waals surface area contributed by atoms with Crippen molar-refractivity contribution in [1.82, 2.24) is 15.3 Å². The molecule has 21 heavy (non-hydrogen) atoms. The number of hydrogen-bond donors (Lipinski definition) is 1. The molecule has 5 heteroatoms. The van der Waals surface area contributed by atoms with E-state index in [0.29, 0.717) is 6.61 Å². The van der Waals surface area contributed by atoms with Gasteiger partial charge in [-0.25, -0.2) is 4.39 Å². The fourth-order valence-electron chi connectivity index (χ4n) is 2.08. The van der Waals surface area contributed by atoms with Crippen LogP contribution < -0.4 is 10.1 Å². The van der Waals surface area contributed by atoms with Crippen LogP contribution in [0.2, 0.25) is 0 Å². The van der Waals surface area contributed by atoms with Gasteiger partial charge in [0.2, 0.25) is 0 Å². The molecule has 0 spiro atoms. The van der Waals surface area contributed by atoms with Crippen LogP contribution >= 0.6 is 0 Å². The highest BCUT2D eigenvalue weighted by Crippen LogP contribution is 2.23. The van der Waals surface area contributed by atoms with Crippen LogP contribution in [0.3, 0.4) is 0 Å². The molecule has 2 aromatic rings. The Hall–Kier alpha value is -2.01. The average Bonchev–Trinajstić information content (AvgIpc) is 2.50. The number of nitrogens with zero attached hydrogens (tertiary/aromatic N) is 2. The second-order valence-electron chi connectivity index (χ2n) is 4.68. The smallest absolute Gasteiger partial charge is 0.141 e. The lowest BCUT2D eigenvalue weighted by Gasteiger charge is -2.19. The first kappa shape index (κ1) is 15.4. The van der Waals surface area contributed by atoms with Crippen LogP contribution in [0.4, 0.5) is 4.39 Å². The summed E-state index contributed by atoms with van der Waals surface area (Å²) in [5.41, 5.74) is 1.72. The molecule has 0 bridgehead atoms. The van der Waals surface area contributed by atoms with Gasteiger partial charge < -0.3 is 10.1 Å². The molecule has 1 N–H and O–H groups in total. The summed E-state index contributed by atoms with van der Waals surface area (Å²) in [6.07, 6.45) is 5.69. The van der Waals surface area contributed by atoms with Gasteiger partial charge in [-0.2, -0.15) is 0 Å². The van der Waals surface area contributed by atoms with E-state index < -0.39 is 0 Å². The molecule has 0 aliphatic heterocycles. The lowest BCUT2D eigenvalue weighted by Crippen LogP contribution is -2.24. The van der Waals surface area contributed by atoms with Crippen molar-refractivity contribution >= 4 is 0 Å². The SMILES string of the molecule is CCCNC(c1cncc(OCC)c1)c1ccc(F)cn1. The van der Waals surface area contributed by atoms with E-state index in [1.165, 1.54) is 12.3 Å². The maximum Gasteiger partial charge on any atom is 0.141 e. The molecule has 0 aliphatic carbocycles. The molecular weight excluding hydrogens is 269 g/mol. The monoisotopic (exact) mass is 289 g/mol. The lowest BCUT2D eigenvalue weighted by atomic mass is 10.0. The molecule has 0 saturated heterocycles. The normalized spacial score (nSPS) is 12.1. The Morgan fingerprint density at radius 2 is 2.10 bits per heavy atom. The van der Waals surface area contributed by atoms with E-state index in [9.17, 15) is 4.39 Å². The largest absolute Gasteiger partial charge is 0.492 e. The van der Waals surface area contributed by atoms with Crippen molar-refractivity contribution in [2.75, 3.05) is 13.2 Å². The molecule has 112 valence electrons. The number of nitrogens with one attached hydrogen (secondary N) is 1. The summed E-state index contributed by atoms with van der Waals surface area (Å²) in [4.78, 5) is 8.39. The van der Waals surface area contributed by atoms with E-state index in [0.717, 1.165) is 30.0 Å². The number of hydrogen-bond acceptors (Lipinski definition) is 4. The number of pyridine rings is 2. The molecule has 0 radical (unpaired) electrons. The van der Waals surface area contributed by atoms with Crippen molar-refractivity contribution in [1.29, 1.82) is 0 Å². The van der Waals surface area contributed by atoms with Crippen LogP contribution in [0.25, 0.3) is 0 Å². The van der Waals surface area contributed by atoms with Crippen LogP contribution in [0.15, 0.2) is 36.8 Å². The van der Waals surface area contributed by atoms with Gasteiger partial charge in [0.05, 0.1) is 30.7 Å². The van der Waals surface area contributed by atoms with E-state index in [4.69, 9.17) is 4.74 Å². The molecule has 2 heterocycles. The lowest BCUT2D eigenvalue weighted by molar-refractivity contribution is 0.338. The van der Waals surface area contributed by atoms with Gasteiger partial charge in [-0.05, 0) is 43.7 Å². The zero-order valence-electron chi connectivity index (χ0n) is 12.3. The highest BCUT2D eigenvalue weighted by Gasteiger charge is 2.16. The Morgan fingerprint density at radius 1 is 1.24 bits per heavy atom. The third kappa shape index (κ3) is 4.23. The van der Waals surface area contributed by atoms with Crippen LogP contribution in [0.5, 0.6) is 5.75 Å². The average molecular weight is 289 g/mol. The highest BCUT2D eigenvalue weighted by molar-refractivity contribution is 5.31. The number of rotatable bonds is 7. The van der Waals surface area contributed by atoms with Crippen molar-refractivity contribution in [2.45, 2.75) is 26.3 Å². The number of halogens is 1. The summed E-state index contributed by atoms with van der Waals surface area (Å²) in [5, 5.41) is 3.41. The zero-order valence-corrected chi connectivity index (χ0v) is 12.3. The molecule has 0 aromatic carbocycles. The van der Waals surface area contributed by atoms with Crippen LogP contribution in [0.1, 0.15) is 37.6 Å². The number of ether oxygens (including phenoxy) is 1. The van der Waals surface area contributed by atoms with Crippen molar-refractivity contribution in [3.05, 3.63) is 53.9 Å². The quantitative estimate of drug-likeness (QED) is 0.851. The van der Waals surface area contributed by atoms with Crippen LogP contribution in [-0.2, 0) is 0 Å².